The molecule has 0 fully saturated rings. The van der Waals surface area contributed by atoms with E-state index in [-0.39, 0.29) is 17.7 Å². The van der Waals surface area contributed by atoms with Gasteiger partial charge in [0.05, 0.1) is 11.8 Å². The molecular formula is C23H19BrN2O3. The third-order valence-corrected chi connectivity index (χ3v) is 5.28. The Bertz CT molecular complexity index is 1070. The molecule has 4 rings (SSSR count). The summed E-state index contributed by atoms with van der Waals surface area (Å²) in [5.74, 6) is 0.912. The Morgan fingerprint density at radius 1 is 1.10 bits per heavy atom. The van der Waals surface area contributed by atoms with Crippen LogP contribution in [0.15, 0.2) is 82.4 Å². The maximum absolute atomic E-state index is 12.1. The zero-order valence-corrected chi connectivity index (χ0v) is 17.3. The molecule has 3 aromatic carbocycles. The van der Waals surface area contributed by atoms with Gasteiger partial charge in [-0.05, 0) is 48.0 Å². The maximum atomic E-state index is 12.1. The number of phenolic OH excluding ortho intramolecular Hbond substituents is 1. The number of phenols is 1. The van der Waals surface area contributed by atoms with E-state index >= 15 is 0 Å². The number of hydrogen-bond acceptors (Lipinski definition) is 4. The summed E-state index contributed by atoms with van der Waals surface area (Å²) in [4.78, 5) is 12.1. The minimum Gasteiger partial charge on any atom is -0.504 e. The summed E-state index contributed by atoms with van der Waals surface area (Å²) in [5.41, 5.74) is 2.51. The Morgan fingerprint density at radius 3 is 2.48 bits per heavy atom. The predicted molar refractivity (Wildman–Crippen MR) is 115 cm³/mol. The van der Waals surface area contributed by atoms with E-state index in [1.54, 1.807) is 12.1 Å². The molecule has 0 spiro atoms. The summed E-state index contributed by atoms with van der Waals surface area (Å²) in [5, 5.41) is 16.5. The first kappa shape index (κ1) is 19.2. The number of ether oxygens (including phenoxy) is 1. The van der Waals surface area contributed by atoms with Crippen molar-refractivity contribution in [3.05, 3.63) is 88.4 Å². The summed E-state index contributed by atoms with van der Waals surface area (Å²) in [6.45, 7) is 1.51. The lowest BCUT2D eigenvalue weighted by Crippen LogP contribution is -2.24. The zero-order chi connectivity index (χ0) is 20.4. The average Bonchev–Trinajstić information content (AvgIpc) is 3.17. The average molecular weight is 451 g/mol. The number of amides is 1. The molecule has 1 aliphatic rings. The summed E-state index contributed by atoms with van der Waals surface area (Å²) >= 11 is 3.44. The number of carbonyl (C=O) groups excluding carboxylic acids is 1. The Labute approximate surface area is 177 Å². The minimum absolute atomic E-state index is 0.0236. The topological polar surface area (TPSA) is 62.1 Å². The SMILES string of the molecule is CC(=O)N1N=C(c2ccc(Oc3ccccc3)c(O)c2)CC1c1ccc(Br)cc1. The molecule has 5 nitrogen and oxygen atoms in total. The number of hydrogen-bond donors (Lipinski definition) is 1. The van der Waals surface area contributed by atoms with Gasteiger partial charge in [-0.3, -0.25) is 4.79 Å². The zero-order valence-electron chi connectivity index (χ0n) is 15.7. The first-order valence-electron chi connectivity index (χ1n) is 9.20. The van der Waals surface area contributed by atoms with Crippen molar-refractivity contribution in [2.75, 3.05) is 0 Å². The van der Waals surface area contributed by atoms with Gasteiger partial charge in [-0.25, -0.2) is 5.01 Å². The normalized spacial score (nSPS) is 15.9. The van der Waals surface area contributed by atoms with Crippen molar-refractivity contribution in [2.24, 2.45) is 5.10 Å². The lowest BCUT2D eigenvalue weighted by molar-refractivity contribution is -0.130. The molecule has 1 N–H and O–H groups in total. The molecule has 0 radical (unpaired) electrons. The van der Waals surface area contributed by atoms with E-state index in [1.165, 1.54) is 11.9 Å². The van der Waals surface area contributed by atoms with Crippen molar-refractivity contribution in [2.45, 2.75) is 19.4 Å². The van der Waals surface area contributed by atoms with Gasteiger partial charge in [0.1, 0.15) is 5.75 Å². The standard InChI is InChI=1S/C23H19BrN2O3/c1-15(27)26-21(16-7-10-18(24)11-8-16)14-20(25-26)17-9-12-23(22(28)13-17)29-19-5-3-2-4-6-19/h2-13,21,28H,14H2,1H3. The van der Waals surface area contributed by atoms with E-state index in [1.807, 2.05) is 60.7 Å². The van der Waals surface area contributed by atoms with Crippen LogP contribution in [-0.2, 0) is 4.79 Å². The third-order valence-electron chi connectivity index (χ3n) is 4.75. The fraction of sp³-hybridized carbons (Fsp3) is 0.130. The molecule has 1 atom stereocenters. The monoisotopic (exact) mass is 450 g/mol. The quantitative estimate of drug-likeness (QED) is 0.558. The van der Waals surface area contributed by atoms with E-state index < -0.39 is 0 Å². The van der Waals surface area contributed by atoms with Crippen LogP contribution in [0.2, 0.25) is 0 Å². The Hall–Kier alpha value is -3.12. The van der Waals surface area contributed by atoms with Crippen molar-refractivity contribution in [1.82, 2.24) is 5.01 Å². The smallest absolute Gasteiger partial charge is 0.240 e. The lowest BCUT2D eigenvalue weighted by Gasteiger charge is -2.20. The van der Waals surface area contributed by atoms with Crippen molar-refractivity contribution in [3.8, 4) is 17.2 Å². The van der Waals surface area contributed by atoms with Gasteiger partial charge in [-0.2, -0.15) is 5.10 Å². The Kier molecular flexibility index (Phi) is 5.36. The van der Waals surface area contributed by atoms with Gasteiger partial charge >= 0.3 is 0 Å². The van der Waals surface area contributed by atoms with Crippen LogP contribution in [0.1, 0.15) is 30.5 Å². The minimum atomic E-state index is -0.169. The van der Waals surface area contributed by atoms with Crippen molar-refractivity contribution in [3.63, 3.8) is 0 Å². The molecule has 0 saturated heterocycles. The van der Waals surface area contributed by atoms with Crippen LogP contribution in [0.25, 0.3) is 0 Å². The highest BCUT2D eigenvalue weighted by atomic mass is 79.9. The number of carbonyl (C=O) groups is 1. The second-order valence-corrected chi connectivity index (χ2v) is 7.70. The molecule has 3 aromatic rings. The van der Waals surface area contributed by atoms with E-state index in [0.29, 0.717) is 17.9 Å². The summed E-state index contributed by atoms with van der Waals surface area (Å²) in [6, 6.07) is 22.2. The summed E-state index contributed by atoms with van der Waals surface area (Å²) < 4.78 is 6.71. The molecule has 29 heavy (non-hydrogen) atoms. The van der Waals surface area contributed by atoms with Crippen LogP contribution in [-0.4, -0.2) is 21.7 Å². The molecule has 0 saturated carbocycles. The Morgan fingerprint density at radius 2 is 1.83 bits per heavy atom. The second kappa shape index (κ2) is 8.09. The lowest BCUT2D eigenvalue weighted by atomic mass is 9.98. The molecule has 1 aliphatic heterocycles. The number of hydrazone groups is 1. The predicted octanol–water partition coefficient (Wildman–Crippen LogP) is 5.64. The number of aromatic hydroxyl groups is 1. The Balaban J connectivity index is 1.59. The van der Waals surface area contributed by atoms with Gasteiger partial charge in [-0.15, -0.1) is 0 Å². The van der Waals surface area contributed by atoms with Crippen LogP contribution in [0.5, 0.6) is 17.2 Å². The maximum Gasteiger partial charge on any atom is 0.240 e. The highest BCUT2D eigenvalue weighted by Gasteiger charge is 2.31. The van der Waals surface area contributed by atoms with Gasteiger partial charge in [0.2, 0.25) is 5.91 Å². The molecule has 1 heterocycles. The molecule has 1 unspecified atom stereocenters. The number of benzene rings is 3. The van der Waals surface area contributed by atoms with Crippen molar-refractivity contribution < 1.29 is 14.6 Å². The molecule has 1 amide bonds. The first-order valence-corrected chi connectivity index (χ1v) is 9.99. The van der Waals surface area contributed by atoms with Crippen molar-refractivity contribution >= 4 is 27.5 Å². The fourth-order valence-corrected chi connectivity index (χ4v) is 3.58. The van der Waals surface area contributed by atoms with Gasteiger partial charge in [-0.1, -0.05) is 46.3 Å². The van der Waals surface area contributed by atoms with Gasteiger partial charge in [0.25, 0.3) is 0 Å². The van der Waals surface area contributed by atoms with Gasteiger partial charge < -0.3 is 9.84 Å². The molecule has 0 bridgehead atoms. The second-order valence-electron chi connectivity index (χ2n) is 6.78. The molecule has 6 heteroatoms. The molecular weight excluding hydrogens is 432 g/mol. The summed E-state index contributed by atoms with van der Waals surface area (Å²) in [7, 11) is 0. The highest BCUT2D eigenvalue weighted by molar-refractivity contribution is 9.10. The van der Waals surface area contributed by atoms with E-state index in [4.69, 9.17) is 4.74 Å². The summed E-state index contributed by atoms with van der Waals surface area (Å²) in [6.07, 6.45) is 0.569. The van der Waals surface area contributed by atoms with Crippen LogP contribution in [0.3, 0.4) is 0 Å². The largest absolute Gasteiger partial charge is 0.504 e. The van der Waals surface area contributed by atoms with Gasteiger partial charge in [0, 0.05) is 23.4 Å². The fourth-order valence-electron chi connectivity index (χ4n) is 3.32. The molecule has 146 valence electrons. The van der Waals surface area contributed by atoms with Crippen molar-refractivity contribution in [1.29, 1.82) is 0 Å². The van der Waals surface area contributed by atoms with Crippen LogP contribution < -0.4 is 4.74 Å². The molecule has 0 aromatic heterocycles. The van der Waals surface area contributed by atoms with E-state index in [0.717, 1.165) is 21.3 Å². The molecule has 0 aliphatic carbocycles. The van der Waals surface area contributed by atoms with E-state index in [2.05, 4.69) is 21.0 Å². The van der Waals surface area contributed by atoms with Crippen LogP contribution in [0.4, 0.5) is 0 Å². The van der Waals surface area contributed by atoms with Crippen LogP contribution >= 0.6 is 15.9 Å². The number of nitrogens with zero attached hydrogens (tertiary/aromatic N) is 2. The van der Waals surface area contributed by atoms with Crippen LogP contribution in [0, 0.1) is 0 Å². The number of halogens is 1. The van der Waals surface area contributed by atoms with E-state index in [9.17, 15) is 9.90 Å². The number of rotatable bonds is 4. The number of para-hydroxylation sites is 1. The first-order chi connectivity index (χ1) is 14.0. The van der Waals surface area contributed by atoms with Gasteiger partial charge in [0.15, 0.2) is 11.5 Å². The third kappa shape index (κ3) is 4.17. The highest BCUT2D eigenvalue weighted by Crippen LogP contribution is 2.36.